The van der Waals surface area contributed by atoms with Crippen molar-refractivity contribution in [3.8, 4) is 11.1 Å². The van der Waals surface area contributed by atoms with E-state index in [-0.39, 0.29) is 0 Å². The van der Waals surface area contributed by atoms with Gasteiger partial charge in [0.25, 0.3) is 0 Å². The summed E-state index contributed by atoms with van der Waals surface area (Å²) in [7, 11) is 0. The third-order valence-corrected chi connectivity index (χ3v) is 6.14. The van der Waals surface area contributed by atoms with Crippen LogP contribution in [0.3, 0.4) is 0 Å². The highest BCUT2D eigenvalue weighted by molar-refractivity contribution is 7.18. The van der Waals surface area contributed by atoms with E-state index in [1.54, 1.807) is 17.7 Å². The minimum atomic E-state index is 0.959. The molecule has 26 heavy (non-hydrogen) atoms. The molecule has 136 valence electrons. The first kappa shape index (κ1) is 17.4. The average Bonchev–Trinajstić information content (AvgIpc) is 3.35. The molecule has 1 saturated heterocycles. The van der Waals surface area contributed by atoms with Crippen LogP contribution in [0, 0.1) is 0 Å². The molecule has 1 N–H and O–H groups in total. The van der Waals surface area contributed by atoms with Crippen LogP contribution in [0.4, 0.5) is 5.82 Å². The van der Waals surface area contributed by atoms with Gasteiger partial charge in [-0.1, -0.05) is 31.2 Å². The summed E-state index contributed by atoms with van der Waals surface area (Å²) >= 11 is 1.73. The van der Waals surface area contributed by atoms with Crippen LogP contribution in [0.5, 0.6) is 0 Å². The topological polar surface area (TPSA) is 41.0 Å². The maximum Gasteiger partial charge on any atom is 0.147 e. The first-order valence-corrected chi connectivity index (χ1v) is 10.5. The predicted octanol–water partition coefficient (Wildman–Crippen LogP) is 4.82. The number of anilines is 1. The highest BCUT2D eigenvalue weighted by Crippen LogP contribution is 2.35. The molecule has 4 nitrogen and oxygen atoms in total. The van der Waals surface area contributed by atoms with Crippen molar-refractivity contribution in [2.75, 3.05) is 31.5 Å². The van der Waals surface area contributed by atoms with E-state index in [0.29, 0.717) is 0 Å². The van der Waals surface area contributed by atoms with E-state index in [4.69, 9.17) is 0 Å². The molecule has 0 spiro atoms. The second-order valence-corrected chi connectivity index (χ2v) is 7.81. The zero-order chi connectivity index (χ0) is 17.8. The van der Waals surface area contributed by atoms with E-state index in [0.717, 1.165) is 35.4 Å². The van der Waals surface area contributed by atoms with Gasteiger partial charge in [0.1, 0.15) is 12.1 Å². The molecule has 4 rings (SSSR count). The Morgan fingerprint density at radius 1 is 1.12 bits per heavy atom. The number of rotatable bonds is 7. The van der Waals surface area contributed by atoms with Crippen molar-refractivity contribution < 1.29 is 0 Å². The molecule has 1 aromatic carbocycles. The van der Waals surface area contributed by atoms with Gasteiger partial charge in [0.2, 0.25) is 0 Å². The van der Waals surface area contributed by atoms with Crippen LogP contribution in [0.15, 0.2) is 36.0 Å². The van der Waals surface area contributed by atoms with Gasteiger partial charge in [-0.25, -0.2) is 9.97 Å². The number of hydrogen-bond donors (Lipinski definition) is 1. The Labute approximate surface area is 159 Å². The van der Waals surface area contributed by atoms with Gasteiger partial charge in [0.05, 0.1) is 10.2 Å². The van der Waals surface area contributed by atoms with Crippen LogP contribution in [0.25, 0.3) is 21.3 Å². The maximum atomic E-state index is 4.56. The number of likely N-dealkylation sites (tertiary alicyclic amines) is 1. The lowest BCUT2D eigenvalue weighted by atomic mass is 10.0. The van der Waals surface area contributed by atoms with Crippen molar-refractivity contribution in [1.29, 1.82) is 0 Å². The summed E-state index contributed by atoms with van der Waals surface area (Å²) in [4.78, 5) is 11.6. The van der Waals surface area contributed by atoms with Crippen molar-refractivity contribution in [2.24, 2.45) is 0 Å². The fourth-order valence-electron chi connectivity index (χ4n) is 3.62. The molecular weight excluding hydrogens is 340 g/mol. The molecule has 0 amide bonds. The highest BCUT2D eigenvalue weighted by Gasteiger charge is 2.13. The number of benzene rings is 1. The monoisotopic (exact) mass is 366 g/mol. The van der Waals surface area contributed by atoms with Crippen LogP contribution in [-0.4, -0.2) is 41.0 Å². The molecule has 1 aliphatic heterocycles. The van der Waals surface area contributed by atoms with Gasteiger partial charge in [0, 0.05) is 17.5 Å². The van der Waals surface area contributed by atoms with Gasteiger partial charge in [-0.3, -0.25) is 0 Å². The molecule has 0 aliphatic carbocycles. The van der Waals surface area contributed by atoms with Crippen molar-refractivity contribution in [1.82, 2.24) is 14.9 Å². The second kappa shape index (κ2) is 8.14. The third kappa shape index (κ3) is 3.74. The Morgan fingerprint density at radius 3 is 2.69 bits per heavy atom. The van der Waals surface area contributed by atoms with Crippen LogP contribution < -0.4 is 5.32 Å². The first-order valence-electron chi connectivity index (χ1n) is 9.63. The molecule has 0 radical (unpaired) electrons. The first-order chi connectivity index (χ1) is 12.8. The molecule has 3 heterocycles. The largest absolute Gasteiger partial charge is 0.369 e. The Hall–Kier alpha value is -1.98. The highest BCUT2D eigenvalue weighted by atomic mass is 32.1. The predicted molar refractivity (Wildman–Crippen MR) is 111 cm³/mol. The molecule has 0 unspecified atom stereocenters. The lowest BCUT2D eigenvalue weighted by Gasteiger charge is -2.14. The van der Waals surface area contributed by atoms with Crippen LogP contribution in [0.1, 0.15) is 31.7 Å². The lowest BCUT2D eigenvalue weighted by Crippen LogP contribution is -2.22. The molecule has 5 heteroatoms. The fraction of sp³-hybridized carbons (Fsp3) is 0.429. The fourth-order valence-corrected chi connectivity index (χ4v) is 4.61. The number of hydrogen-bond acceptors (Lipinski definition) is 5. The van der Waals surface area contributed by atoms with Crippen molar-refractivity contribution >= 4 is 27.4 Å². The zero-order valence-electron chi connectivity index (χ0n) is 15.4. The van der Waals surface area contributed by atoms with Crippen molar-refractivity contribution in [3.63, 3.8) is 0 Å². The smallest absolute Gasteiger partial charge is 0.147 e. The SMILES string of the molecule is CCc1ccc(-c2csc3c(NCCCN4CCCC4)ncnc23)cc1. The number of nitrogens with one attached hydrogen (secondary N) is 1. The van der Waals surface area contributed by atoms with Crippen LogP contribution in [0.2, 0.25) is 0 Å². The summed E-state index contributed by atoms with van der Waals surface area (Å²) in [5.41, 5.74) is 4.85. The Kier molecular flexibility index (Phi) is 5.46. The summed E-state index contributed by atoms with van der Waals surface area (Å²) in [6.45, 7) is 6.86. The number of aryl methyl sites for hydroxylation is 1. The van der Waals surface area contributed by atoms with Gasteiger partial charge >= 0.3 is 0 Å². The molecule has 3 aromatic rings. The second-order valence-electron chi connectivity index (χ2n) is 6.93. The van der Waals surface area contributed by atoms with Gasteiger partial charge < -0.3 is 10.2 Å². The van der Waals surface area contributed by atoms with E-state index in [1.807, 2.05) is 0 Å². The van der Waals surface area contributed by atoms with Crippen molar-refractivity contribution in [3.05, 3.63) is 41.5 Å². The normalized spacial score (nSPS) is 15.0. The molecular formula is C21H26N4S. The number of thiophene rings is 1. The van der Waals surface area contributed by atoms with Gasteiger partial charge in [-0.2, -0.15) is 0 Å². The van der Waals surface area contributed by atoms with Gasteiger partial charge in [-0.15, -0.1) is 11.3 Å². The molecule has 2 aromatic heterocycles. The summed E-state index contributed by atoms with van der Waals surface area (Å²) < 4.78 is 1.16. The summed E-state index contributed by atoms with van der Waals surface area (Å²) in [6.07, 6.45) is 6.62. The lowest BCUT2D eigenvalue weighted by molar-refractivity contribution is 0.337. The minimum absolute atomic E-state index is 0.959. The van der Waals surface area contributed by atoms with Gasteiger partial charge in [0.15, 0.2) is 0 Å². The maximum absolute atomic E-state index is 4.56. The van der Waals surface area contributed by atoms with Crippen LogP contribution in [-0.2, 0) is 6.42 Å². The molecule has 1 aliphatic rings. The summed E-state index contributed by atoms with van der Waals surface area (Å²) in [6, 6.07) is 8.81. The van der Waals surface area contributed by atoms with E-state index >= 15 is 0 Å². The van der Waals surface area contributed by atoms with E-state index in [9.17, 15) is 0 Å². The third-order valence-electron chi connectivity index (χ3n) is 5.17. The quantitative estimate of drug-likeness (QED) is 0.609. The Morgan fingerprint density at radius 2 is 1.92 bits per heavy atom. The Bertz CT molecular complexity index is 850. The molecule has 0 atom stereocenters. The van der Waals surface area contributed by atoms with E-state index in [2.05, 4.69) is 56.8 Å². The standard InChI is InChI=1S/C21H26N4S/c1-2-16-6-8-17(9-7-16)18-14-26-20-19(18)23-15-24-21(20)22-10-5-13-25-11-3-4-12-25/h6-9,14-15H,2-5,10-13H2,1H3,(H,22,23,24). The van der Waals surface area contributed by atoms with E-state index < -0.39 is 0 Å². The zero-order valence-corrected chi connectivity index (χ0v) is 16.2. The summed E-state index contributed by atoms with van der Waals surface area (Å²) in [5, 5.41) is 5.73. The van der Waals surface area contributed by atoms with Crippen LogP contribution >= 0.6 is 11.3 Å². The number of fused-ring (bicyclic) bond motifs is 1. The minimum Gasteiger partial charge on any atom is -0.369 e. The van der Waals surface area contributed by atoms with Crippen molar-refractivity contribution in [2.45, 2.75) is 32.6 Å². The average molecular weight is 367 g/mol. The number of aromatic nitrogens is 2. The molecule has 0 bridgehead atoms. The molecule has 1 fully saturated rings. The van der Waals surface area contributed by atoms with Gasteiger partial charge in [-0.05, 0) is 56.4 Å². The summed E-state index contributed by atoms with van der Waals surface area (Å²) in [5.74, 6) is 0.970. The van der Waals surface area contributed by atoms with E-state index in [1.165, 1.54) is 49.2 Å². The molecule has 0 saturated carbocycles. The number of nitrogens with zero attached hydrogens (tertiary/aromatic N) is 3. The Balaban J connectivity index is 1.47.